The molecular weight excluding hydrogens is 504 g/mol. The molecule has 0 bridgehead atoms. The maximum atomic E-state index is 12.8. The first kappa shape index (κ1) is 25.0. The number of nitrogens with zero attached hydrogens (tertiary/aromatic N) is 3. The highest BCUT2D eigenvalue weighted by molar-refractivity contribution is 7.99. The first-order chi connectivity index (χ1) is 16.9. The van der Waals surface area contributed by atoms with E-state index in [-0.39, 0.29) is 11.7 Å². The standard InChI is InChI=1S/C24H24N4O4S3/c1-5-28-21(16-10-14(2)33-11-16)26-27-24(28)35-13-19(29)25-22-20(23(30)32-4)18(12-34-22)15-6-8-17(31-3)9-7-15/h6-12H,5,13H2,1-4H3,(H,25,29). The van der Waals surface area contributed by atoms with Crippen LogP contribution in [0.4, 0.5) is 5.00 Å². The summed E-state index contributed by atoms with van der Waals surface area (Å²) in [5.41, 5.74) is 2.86. The first-order valence-corrected chi connectivity index (χ1v) is 13.4. The number of anilines is 1. The quantitative estimate of drug-likeness (QED) is 0.223. The summed E-state index contributed by atoms with van der Waals surface area (Å²) in [7, 11) is 2.92. The molecule has 0 fully saturated rings. The second kappa shape index (κ2) is 11.1. The summed E-state index contributed by atoms with van der Waals surface area (Å²) < 4.78 is 12.2. The van der Waals surface area contributed by atoms with Crippen LogP contribution in [0.15, 0.2) is 46.2 Å². The van der Waals surface area contributed by atoms with Crippen molar-refractivity contribution in [3.8, 4) is 28.3 Å². The number of ether oxygens (including phenoxy) is 2. The number of rotatable bonds is 9. The van der Waals surface area contributed by atoms with Crippen LogP contribution in [0.3, 0.4) is 0 Å². The minimum Gasteiger partial charge on any atom is -0.497 e. The van der Waals surface area contributed by atoms with E-state index in [1.165, 1.54) is 35.1 Å². The number of methoxy groups -OCH3 is 2. The van der Waals surface area contributed by atoms with Crippen molar-refractivity contribution in [2.24, 2.45) is 0 Å². The third kappa shape index (κ3) is 5.42. The molecule has 0 saturated heterocycles. The van der Waals surface area contributed by atoms with Crippen LogP contribution in [-0.2, 0) is 16.1 Å². The largest absolute Gasteiger partial charge is 0.497 e. The summed E-state index contributed by atoms with van der Waals surface area (Å²) in [5.74, 6) is 0.863. The molecule has 0 radical (unpaired) electrons. The van der Waals surface area contributed by atoms with Crippen molar-refractivity contribution >= 4 is 51.3 Å². The number of nitrogens with one attached hydrogen (secondary N) is 1. The van der Waals surface area contributed by atoms with Crippen LogP contribution < -0.4 is 10.1 Å². The molecule has 0 saturated carbocycles. The highest BCUT2D eigenvalue weighted by Crippen LogP contribution is 2.37. The molecular formula is C24H24N4O4S3. The number of amides is 1. The van der Waals surface area contributed by atoms with Crippen LogP contribution in [0.5, 0.6) is 5.75 Å². The van der Waals surface area contributed by atoms with E-state index in [1.54, 1.807) is 18.4 Å². The summed E-state index contributed by atoms with van der Waals surface area (Å²) >= 11 is 4.24. The van der Waals surface area contributed by atoms with Crippen molar-refractivity contribution in [2.75, 3.05) is 25.3 Å². The van der Waals surface area contributed by atoms with Gasteiger partial charge in [-0.15, -0.1) is 32.9 Å². The zero-order valence-corrected chi connectivity index (χ0v) is 22.1. The molecule has 0 unspecified atom stereocenters. The fourth-order valence-corrected chi connectivity index (χ4v) is 5.94. The van der Waals surface area contributed by atoms with E-state index in [1.807, 2.05) is 48.1 Å². The van der Waals surface area contributed by atoms with Gasteiger partial charge in [0.15, 0.2) is 11.0 Å². The Kier molecular flexibility index (Phi) is 7.89. The van der Waals surface area contributed by atoms with Gasteiger partial charge in [0.05, 0.1) is 20.0 Å². The Morgan fingerprint density at radius 3 is 2.49 bits per heavy atom. The van der Waals surface area contributed by atoms with Crippen molar-refractivity contribution in [3.63, 3.8) is 0 Å². The molecule has 0 aliphatic rings. The average Bonchev–Trinajstić information content (AvgIpc) is 3.60. The van der Waals surface area contributed by atoms with Gasteiger partial charge < -0.3 is 19.4 Å². The summed E-state index contributed by atoms with van der Waals surface area (Å²) in [6.45, 7) is 4.75. The van der Waals surface area contributed by atoms with Gasteiger partial charge in [0, 0.05) is 33.3 Å². The van der Waals surface area contributed by atoms with Gasteiger partial charge in [-0.1, -0.05) is 23.9 Å². The first-order valence-electron chi connectivity index (χ1n) is 10.7. The monoisotopic (exact) mass is 528 g/mol. The lowest BCUT2D eigenvalue weighted by Crippen LogP contribution is -2.16. The van der Waals surface area contributed by atoms with Crippen LogP contribution >= 0.6 is 34.4 Å². The van der Waals surface area contributed by atoms with Gasteiger partial charge >= 0.3 is 5.97 Å². The zero-order chi connectivity index (χ0) is 24.9. The van der Waals surface area contributed by atoms with Gasteiger partial charge in [0.2, 0.25) is 5.91 Å². The van der Waals surface area contributed by atoms with Crippen molar-refractivity contribution in [1.82, 2.24) is 14.8 Å². The smallest absolute Gasteiger partial charge is 0.341 e. The summed E-state index contributed by atoms with van der Waals surface area (Å²) in [5, 5.41) is 16.5. The lowest BCUT2D eigenvalue weighted by molar-refractivity contribution is -0.113. The van der Waals surface area contributed by atoms with E-state index in [0.717, 1.165) is 17.0 Å². The highest BCUT2D eigenvalue weighted by Gasteiger charge is 2.23. The Morgan fingerprint density at radius 2 is 1.86 bits per heavy atom. The van der Waals surface area contributed by atoms with E-state index in [9.17, 15) is 9.59 Å². The van der Waals surface area contributed by atoms with Gasteiger partial charge in [0.25, 0.3) is 0 Å². The fourth-order valence-electron chi connectivity index (χ4n) is 3.49. The Hall–Kier alpha value is -3.15. The zero-order valence-electron chi connectivity index (χ0n) is 19.7. The number of carbonyl (C=O) groups excluding carboxylic acids is 2. The number of hydrogen-bond acceptors (Lipinski definition) is 9. The minimum atomic E-state index is -0.513. The van der Waals surface area contributed by atoms with Crippen LogP contribution in [-0.4, -0.2) is 46.6 Å². The number of aryl methyl sites for hydroxylation is 1. The van der Waals surface area contributed by atoms with Crippen molar-refractivity contribution in [3.05, 3.63) is 51.5 Å². The molecule has 3 aromatic heterocycles. The number of benzene rings is 1. The number of aromatic nitrogens is 3. The number of thiophene rings is 2. The normalized spacial score (nSPS) is 10.9. The number of carbonyl (C=O) groups is 2. The molecule has 182 valence electrons. The molecule has 8 nitrogen and oxygen atoms in total. The lowest BCUT2D eigenvalue weighted by Gasteiger charge is -2.09. The van der Waals surface area contributed by atoms with E-state index in [0.29, 0.717) is 33.6 Å². The summed E-state index contributed by atoms with van der Waals surface area (Å²) in [6, 6.07) is 9.43. The predicted molar refractivity (Wildman–Crippen MR) is 141 cm³/mol. The van der Waals surface area contributed by atoms with Crippen LogP contribution in [0.25, 0.3) is 22.5 Å². The number of thioether (sulfide) groups is 1. The third-order valence-electron chi connectivity index (χ3n) is 5.19. The van der Waals surface area contributed by atoms with Gasteiger partial charge in [0.1, 0.15) is 16.3 Å². The Balaban J connectivity index is 1.50. The second-order valence-corrected chi connectivity index (χ2v) is 10.3. The van der Waals surface area contributed by atoms with E-state index < -0.39 is 5.97 Å². The van der Waals surface area contributed by atoms with E-state index >= 15 is 0 Å². The molecule has 11 heteroatoms. The van der Waals surface area contributed by atoms with Crippen molar-refractivity contribution in [1.29, 1.82) is 0 Å². The van der Waals surface area contributed by atoms with Crippen LogP contribution in [0.2, 0.25) is 0 Å². The molecule has 1 N–H and O–H groups in total. The van der Waals surface area contributed by atoms with E-state index in [2.05, 4.69) is 27.0 Å². The number of esters is 1. The Morgan fingerprint density at radius 1 is 1.09 bits per heavy atom. The fraction of sp³-hybridized carbons (Fsp3) is 0.250. The molecule has 0 aliphatic carbocycles. The van der Waals surface area contributed by atoms with Crippen LogP contribution in [0, 0.1) is 6.92 Å². The third-order valence-corrected chi connectivity index (χ3v) is 7.91. The molecule has 4 rings (SSSR count). The SMILES string of the molecule is CCn1c(SCC(=O)Nc2scc(-c3ccc(OC)cc3)c2C(=O)OC)nnc1-c1csc(C)c1. The van der Waals surface area contributed by atoms with Crippen LogP contribution in [0.1, 0.15) is 22.2 Å². The van der Waals surface area contributed by atoms with Gasteiger partial charge in [-0.25, -0.2) is 4.79 Å². The molecule has 0 aliphatic heterocycles. The predicted octanol–water partition coefficient (Wildman–Crippen LogP) is 5.59. The lowest BCUT2D eigenvalue weighted by atomic mass is 10.0. The molecule has 3 heterocycles. The maximum absolute atomic E-state index is 12.8. The highest BCUT2D eigenvalue weighted by atomic mass is 32.2. The molecule has 1 aromatic carbocycles. The average molecular weight is 529 g/mol. The topological polar surface area (TPSA) is 95.3 Å². The van der Waals surface area contributed by atoms with Gasteiger partial charge in [-0.05, 0) is 37.6 Å². The molecule has 0 spiro atoms. The van der Waals surface area contributed by atoms with Gasteiger partial charge in [-0.2, -0.15) is 0 Å². The van der Waals surface area contributed by atoms with Gasteiger partial charge in [-0.3, -0.25) is 4.79 Å². The minimum absolute atomic E-state index is 0.122. The summed E-state index contributed by atoms with van der Waals surface area (Å²) in [4.78, 5) is 26.6. The Labute approximate surface area is 215 Å². The van der Waals surface area contributed by atoms with Crippen molar-refractivity contribution in [2.45, 2.75) is 25.5 Å². The maximum Gasteiger partial charge on any atom is 0.341 e. The molecule has 0 atom stereocenters. The molecule has 4 aromatic rings. The second-order valence-electron chi connectivity index (χ2n) is 7.41. The molecule has 35 heavy (non-hydrogen) atoms. The summed E-state index contributed by atoms with van der Waals surface area (Å²) in [6.07, 6.45) is 0. The van der Waals surface area contributed by atoms with Crippen molar-refractivity contribution < 1.29 is 19.1 Å². The Bertz CT molecular complexity index is 1340. The molecule has 1 amide bonds. The number of hydrogen-bond donors (Lipinski definition) is 1. The van der Waals surface area contributed by atoms with E-state index in [4.69, 9.17) is 9.47 Å².